The zero-order valence-electron chi connectivity index (χ0n) is 48.7. The third-order valence-electron chi connectivity index (χ3n) is 13.0. The number of aromatic nitrogens is 6. The average molecular weight is 1420 g/mol. The molecule has 4 heterocycles. The van der Waals surface area contributed by atoms with E-state index in [2.05, 4.69) is 123 Å². The van der Waals surface area contributed by atoms with E-state index in [4.69, 9.17) is 0 Å². The lowest BCUT2D eigenvalue weighted by Crippen LogP contribution is -3.00. The Morgan fingerprint density at radius 2 is 1.14 bits per heavy atom. The molecule has 0 fully saturated rings. The summed E-state index contributed by atoms with van der Waals surface area (Å²) in [5.74, 6) is 1.76. The van der Waals surface area contributed by atoms with Crippen LogP contribution < -0.4 is 85.1 Å². The standard InChI is InChI=1S/C31H40N8O2.C19H26BrN4.C11H12N4O2.3BrH/c1-35(2)29-15-13-28(14-16-29)33-34-31-10-5-8-23-38(31)22-7-4-3-6-20-36-24-25-37(26-36)21-9-19-32-27-11-17-30(18-12-27)39(40)41;1-23(2)18-12-10-17(11-13-18)21-22-19-9-5-8-16-24(19)15-7-4-3-6-14-20;16-15(17)11-3-1-2-10(6-11)7-13-9-14-5-4-12-8-14;;;/h5,8,10-18,23-26,32H,3-4,6-7,9,19-22H2,1-2H3;5,8-13,16H,3-4,6-7,14-15H2,1-2H3;1-6,8,13H,7,9H2;3*1H/q+2;+1;;;;/p-3. The number of nitrogens with zero attached hydrogens (tertiary/aromatic N) is 14. The SMILES string of the molecule is CN(C)c1ccc(N=Nc2cccc[n+]2CCCCCCBr)cc1.CN(C)c1ccc(N=Nc2cccc[n+]2CCCCCCn2cc[n+](CCCNc3ccc([N+](=O)[O-])cc3)c2)cc1.O=[N+]([O-])c1cccc(CNCn2ccnc2)c1.[Br-].[Br-].[Br-]. The number of azo groups is 2. The molecule has 0 spiro atoms. The second-order valence-electron chi connectivity index (χ2n) is 19.8. The van der Waals surface area contributed by atoms with Crippen LogP contribution in [0.3, 0.4) is 0 Å². The first-order valence-corrected chi connectivity index (χ1v) is 28.9. The number of pyridine rings is 2. The molecule has 85 heavy (non-hydrogen) atoms. The van der Waals surface area contributed by atoms with Gasteiger partial charge < -0.3 is 70.6 Å². The lowest BCUT2D eigenvalue weighted by Gasteiger charge is -2.11. The van der Waals surface area contributed by atoms with Crippen molar-refractivity contribution in [3.05, 3.63) is 209 Å². The predicted molar refractivity (Wildman–Crippen MR) is 327 cm³/mol. The highest BCUT2D eigenvalue weighted by atomic mass is 79.9. The van der Waals surface area contributed by atoms with Gasteiger partial charge in [-0.15, -0.1) is 0 Å². The van der Waals surface area contributed by atoms with Crippen molar-refractivity contribution < 1.29 is 74.5 Å². The van der Waals surface area contributed by atoms with Gasteiger partial charge in [-0.3, -0.25) is 25.5 Å². The number of nitro benzene ring substituents is 2. The minimum absolute atomic E-state index is 0. The second-order valence-corrected chi connectivity index (χ2v) is 20.6. The average Bonchev–Trinajstić information content (AvgIpc) is 4.37. The number of alkyl halides is 1. The first-order valence-electron chi connectivity index (χ1n) is 27.8. The number of non-ortho nitro benzene ring substituents is 2. The number of anilines is 3. The van der Waals surface area contributed by atoms with Crippen molar-refractivity contribution in [1.82, 2.24) is 19.4 Å². The molecule has 0 aliphatic rings. The zero-order valence-corrected chi connectivity index (χ0v) is 55.1. The van der Waals surface area contributed by atoms with Crippen LogP contribution in [-0.4, -0.2) is 64.0 Å². The summed E-state index contributed by atoms with van der Waals surface area (Å²) < 4.78 is 10.7. The molecule has 0 saturated carbocycles. The van der Waals surface area contributed by atoms with Crippen LogP contribution in [0, 0.1) is 20.2 Å². The third-order valence-corrected chi connectivity index (χ3v) is 13.6. The van der Waals surface area contributed by atoms with E-state index in [-0.39, 0.29) is 72.2 Å². The van der Waals surface area contributed by atoms with Gasteiger partial charge in [0.25, 0.3) is 11.4 Å². The van der Waals surface area contributed by atoms with E-state index in [9.17, 15) is 20.2 Å². The molecular weight excluding hydrogens is 1340 g/mol. The fraction of sp³-hybridized carbons (Fsp3) is 0.344. The van der Waals surface area contributed by atoms with Gasteiger partial charge >= 0.3 is 11.6 Å². The Hall–Kier alpha value is -7.12. The molecule has 20 nitrogen and oxygen atoms in total. The van der Waals surface area contributed by atoms with Crippen LogP contribution >= 0.6 is 15.9 Å². The van der Waals surface area contributed by atoms with Gasteiger partial charge in [-0.2, -0.15) is 0 Å². The first kappa shape index (κ1) is 72.1. The molecule has 8 rings (SSSR count). The van der Waals surface area contributed by atoms with E-state index in [1.807, 2.05) is 118 Å². The van der Waals surface area contributed by atoms with Crippen molar-refractivity contribution in [3.8, 4) is 0 Å². The highest BCUT2D eigenvalue weighted by Gasteiger charge is 2.12. The maximum atomic E-state index is 10.8. The monoisotopic (exact) mass is 1410 g/mol. The highest BCUT2D eigenvalue weighted by Crippen LogP contribution is 2.22. The van der Waals surface area contributed by atoms with Crippen LogP contribution in [0.25, 0.3) is 0 Å². The number of hydrogen-bond donors (Lipinski definition) is 2. The number of imidazole rings is 2. The second kappa shape index (κ2) is 41.0. The minimum atomic E-state index is -0.390. The molecule has 2 N–H and O–H groups in total. The van der Waals surface area contributed by atoms with E-state index in [0.717, 1.165) is 103 Å². The van der Waals surface area contributed by atoms with Crippen molar-refractivity contribution in [1.29, 1.82) is 0 Å². The summed E-state index contributed by atoms with van der Waals surface area (Å²) in [4.78, 5) is 28.6. The minimum Gasteiger partial charge on any atom is -1.00 e. The summed E-state index contributed by atoms with van der Waals surface area (Å²) in [6.45, 7) is 5.86. The predicted octanol–water partition coefficient (Wildman–Crippen LogP) is 4.18. The van der Waals surface area contributed by atoms with Crippen molar-refractivity contribution in [2.45, 2.75) is 97.2 Å². The van der Waals surface area contributed by atoms with Crippen LogP contribution in [0.2, 0.25) is 0 Å². The molecule has 0 unspecified atom stereocenters. The Balaban J connectivity index is 0.000000364. The molecular formula is C61H78Br4N16O4. The van der Waals surface area contributed by atoms with Gasteiger partial charge in [-0.25, -0.2) is 23.3 Å². The van der Waals surface area contributed by atoms with Crippen molar-refractivity contribution in [3.63, 3.8) is 0 Å². The van der Waals surface area contributed by atoms with Crippen molar-refractivity contribution in [2.75, 3.05) is 55.2 Å². The number of benzene rings is 4. The number of nitro groups is 2. The molecule has 0 saturated heterocycles. The van der Waals surface area contributed by atoms with E-state index < -0.39 is 0 Å². The first-order chi connectivity index (χ1) is 39.9. The lowest BCUT2D eigenvalue weighted by molar-refractivity contribution is -0.696. The van der Waals surface area contributed by atoms with Gasteiger partial charge in [-0.05, 0) is 134 Å². The summed E-state index contributed by atoms with van der Waals surface area (Å²) in [6.07, 6.45) is 26.3. The lowest BCUT2D eigenvalue weighted by atomic mass is 10.2. The number of hydrogen-bond acceptors (Lipinski definition) is 13. The van der Waals surface area contributed by atoms with Gasteiger partial charge in [0.15, 0.2) is 0 Å². The number of nitrogens with one attached hydrogen (secondary N) is 2. The normalized spacial score (nSPS) is 10.6. The highest BCUT2D eigenvalue weighted by molar-refractivity contribution is 9.09. The summed E-state index contributed by atoms with van der Waals surface area (Å²) in [6, 6.07) is 41.4. The van der Waals surface area contributed by atoms with Crippen LogP contribution in [0.4, 0.5) is 51.4 Å². The quantitative estimate of drug-likeness (QED) is 0.0166. The van der Waals surface area contributed by atoms with Crippen LogP contribution in [-0.2, 0) is 39.4 Å². The Bertz CT molecular complexity index is 3190. The van der Waals surface area contributed by atoms with E-state index in [1.165, 1.54) is 56.7 Å². The Labute approximate surface area is 539 Å². The largest absolute Gasteiger partial charge is 1.00 e. The number of aryl methyl sites for hydroxylation is 4. The Kier molecular flexibility index (Phi) is 34.8. The Morgan fingerprint density at radius 3 is 1.67 bits per heavy atom. The van der Waals surface area contributed by atoms with Crippen LogP contribution in [0.1, 0.15) is 63.4 Å². The zero-order chi connectivity index (χ0) is 58.2. The number of unbranched alkanes of at least 4 members (excludes halogenated alkanes) is 6. The van der Waals surface area contributed by atoms with Gasteiger partial charge in [0.2, 0.25) is 6.33 Å². The Morgan fingerprint density at radius 1 is 0.576 bits per heavy atom. The molecule has 0 radical (unpaired) electrons. The molecule has 0 atom stereocenters. The van der Waals surface area contributed by atoms with E-state index in [0.29, 0.717) is 13.2 Å². The molecule has 8 aromatic rings. The molecule has 0 bridgehead atoms. The molecule has 0 amide bonds. The summed E-state index contributed by atoms with van der Waals surface area (Å²) in [7, 11) is 8.10. The van der Waals surface area contributed by atoms with Gasteiger partial charge in [-0.1, -0.05) is 46.6 Å². The smallest absolute Gasteiger partial charge is 0.350 e. The van der Waals surface area contributed by atoms with Crippen LogP contribution in [0.15, 0.2) is 204 Å². The maximum Gasteiger partial charge on any atom is 0.350 e. The van der Waals surface area contributed by atoms with Gasteiger partial charge in [0.1, 0.15) is 23.8 Å². The van der Waals surface area contributed by atoms with E-state index in [1.54, 1.807) is 36.8 Å². The molecule has 4 aromatic carbocycles. The van der Waals surface area contributed by atoms with Crippen molar-refractivity contribution >= 4 is 67.4 Å². The fourth-order valence-corrected chi connectivity index (χ4v) is 8.79. The van der Waals surface area contributed by atoms with Crippen molar-refractivity contribution in [2.24, 2.45) is 20.5 Å². The maximum absolute atomic E-state index is 10.8. The molecule has 0 aliphatic heterocycles. The topological polar surface area (TPSA) is 201 Å². The van der Waals surface area contributed by atoms with E-state index >= 15 is 0 Å². The molecule has 4 aromatic heterocycles. The molecule has 454 valence electrons. The number of rotatable bonds is 30. The third kappa shape index (κ3) is 27.2. The van der Waals surface area contributed by atoms with Gasteiger partial charge in [0.05, 0.1) is 71.6 Å². The summed E-state index contributed by atoms with van der Waals surface area (Å²) >= 11 is 3.48. The van der Waals surface area contributed by atoms with Crippen LogP contribution in [0.5, 0.6) is 0 Å². The molecule has 0 aliphatic carbocycles. The fourth-order valence-electron chi connectivity index (χ4n) is 8.40. The number of halogens is 4. The summed E-state index contributed by atoms with van der Waals surface area (Å²) in [5, 5.41) is 46.7. The molecule has 24 heteroatoms. The summed E-state index contributed by atoms with van der Waals surface area (Å²) in [5.41, 5.74) is 6.03. The van der Waals surface area contributed by atoms with Gasteiger partial charge in [0, 0.05) is 119 Å².